The largest absolute Gasteiger partial charge is 0.394 e. The van der Waals surface area contributed by atoms with Crippen molar-refractivity contribution in [1.82, 2.24) is 14.9 Å². The first-order chi connectivity index (χ1) is 7.81. The van der Waals surface area contributed by atoms with E-state index in [0.29, 0.717) is 13.1 Å². The molecule has 0 radical (unpaired) electrons. The Morgan fingerprint density at radius 2 is 2.31 bits per heavy atom. The van der Waals surface area contributed by atoms with Gasteiger partial charge in [0.25, 0.3) is 0 Å². The number of fused-ring (bicyclic) bond motifs is 1. The molecule has 5 nitrogen and oxygen atoms in total. The number of nitrogens with zero attached hydrogens (tertiary/aromatic N) is 2. The van der Waals surface area contributed by atoms with Gasteiger partial charge in [0.05, 0.1) is 24.4 Å². The molecular weight excluding hydrogens is 206 g/mol. The van der Waals surface area contributed by atoms with Crippen molar-refractivity contribution < 1.29 is 10.2 Å². The quantitative estimate of drug-likeness (QED) is 0.652. The smallest absolute Gasteiger partial charge is 0.0895 e. The van der Waals surface area contributed by atoms with Crippen LogP contribution in [0.3, 0.4) is 0 Å². The molecule has 2 aromatic heterocycles. The number of aliphatic hydroxyl groups excluding tert-OH is 2. The van der Waals surface area contributed by atoms with Gasteiger partial charge in [-0.15, -0.1) is 0 Å². The van der Waals surface area contributed by atoms with Gasteiger partial charge in [0.1, 0.15) is 0 Å². The highest BCUT2D eigenvalue weighted by Gasteiger charge is 2.04. The Kier molecular flexibility index (Phi) is 3.51. The van der Waals surface area contributed by atoms with E-state index in [1.807, 2.05) is 24.4 Å². The van der Waals surface area contributed by atoms with Crippen LogP contribution < -0.4 is 5.32 Å². The molecule has 1 unspecified atom stereocenters. The monoisotopic (exact) mass is 221 g/mol. The molecule has 0 fully saturated rings. The molecule has 2 aromatic rings. The summed E-state index contributed by atoms with van der Waals surface area (Å²) in [6.07, 6.45) is 2.98. The van der Waals surface area contributed by atoms with Gasteiger partial charge in [-0.3, -0.25) is 0 Å². The molecule has 0 amide bonds. The van der Waals surface area contributed by atoms with Crippen molar-refractivity contribution in [3.05, 3.63) is 36.2 Å². The fourth-order valence-corrected chi connectivity index (χ4v) is 1.56. The van der Waals surface area contributed by atoms with Crippen molar-refractivity contribution in [3.63, 3.8) is 0 Å². The van der Waals surface area contributed by atoms with Gasteiger partial charge in [0.15, 0.2) is 0 Å². The van der Waals surface area contributed by atoms with Crippen LogP contribution in [-0.4, -0.2) is 39.1 Å². The summed E-state index contributed by atoms with van der Waals surface area (Å²) >= 11 is 0. The Bertz CT molecular complexity index is 455. The Labute approximate surface area is 93.3 Å². The SMILES string of the molecule is OCC(O)CNCc1cnn2ccccc12. The van der Waals surface area contributed by atoms with E-state index < -0.39 is 6.10 Å². The molecule has 5 heteroatoms. The molecule has 2 rings (SSSR count). The molecule has 0 aliphatic rings. The number of rotatable bonds is 5. The Hall–Kier alpha value is -1.43. The summed E-state index contributed by atoms with van der Waals surface area (Å²) in [5.41, 5.74) is 2.12. The maximum absolute atomic E-state index is 9.17. The van der Waals surface area contributed by atoms with Crippen molar-refractivity contribution >= 4 is 5.52 Å². The first-order valence-corrected chi connectivity index (χ1v) is 5.22. The number of pyridine rings is 1. The van der Waals surface area contributed by atoms with E-state index in [0.717, 1.165) is 11.1 Å². The molecule has 0 spiro atoms. The second-order valence-electron chi connectivity index (χ2n) is 3.67. The van der Waals surface area contributed by atoms with Crippen LogP contribution in [0.1, 0.15) is 5.56 Å². The third kappa shape index (κ3) is 2.38. The van der Waals surface area contributed by atoms with Gasteiger partial charge < -0.3 is 15.5 Å². The minimum absolute atomic E-state index is 0.220. The average molecular weight is 221 g/mol. The van der Waals surface area contributed by atoms with Crippen LogP contribution >= 0.6 is 0 Å². The fraction of sp³-hybridized carbons (Fsp3) is 0.364. The van der Waals surface area contributed by atoms with Gasteiger partial charge in [-0.05, 0) is 12.1 Å². The third-order valence-electron chi connectivity index (χ3n) is 2.41. The molecule has 0 aliphatic carbocycles. The third-order valence-corrected chi connectivity index (χ3v) is 2.41. The summed E-state index contributed by atoms with van der Waals surface area (Å²) in [7, 11) is 0. The average Bonchev–Trinajstić information content (AvgIpc) is 2.73. The lowest BCUT2D eigenvalue weighted by Gasteiger charge is -2.07. The van der Waals surface area contributed by atoms with Gasteiger partial charge >= 0.3 is 0 Å². The number of aliphatic hydroxyl groups is 2. The highest BCUT2D eigenvalue weighted by atomic mass is 16.3. The van der Waals surface area contributed by atoms with Crippen molar-refractivity contribution in [3.8, 4) is 0 Å². The van der Waals surface area contributed by atoms with E-state index in [1.165, 1.54) is 0 Å². The van der Waals surface area contributed by atoms with Crippen molar-refractivity contribution in [2.45, 2.75) is 12.6 Å². The predicted octanol–water partition coefficient (Wildman–Crippen LogP) is -0.223. The molecule has 2 heterocycles. The summed E-state index contributed by atoms with van der Waals surface area (Å²) in [5.74, 6) is 0. The van der Waals surface area contributed by atoms with Gasteiger partial charge in [-0.2, -0.15) is 5.10 Å². The zero-order valence-electron chi connectivity index (χ0n) is 8.87. The van der Waals surface area contributed by atoms with E-state index in [9.17, 15) is 0 Å². The van der Waals surface area contributed by atoms with Crippen molar-refractivity contribution in [2.75, 3.05) is 13.2 Å². The minimum atomic E-state index is -0.707. The summed E-state index contributed by atoms with van der Waals surface area (Å²) in [6, 6.07) is 5.88. The zero-order chi connectivity index (χ0) is 11.4. The molecule has 1 atom stereocenters. The Balaban J connectivity index is 1.99. The molecule has 86 valence electrons. The predicted molar refractivity (Wildman–Crippen MR) is 60.0 cm³/mol. The highest BCUT2D eigenvalue weighted by molar-refractivity contribution is 5.53. The molecule has 0 saturated heterocycles. The van der Waals surface area contributed by atoms with Crippen LogP contribution in [0.15, 0.2) is 30.6 Å². The standard InChI is InChI=1S/C11H15N3O2/c15-8-10(16)7-12-5-9-6-13-14-4-2-1-3-11(9)14/h1-4,6,10,12,15-16H,5,7-8H2. The van der Waals surface area contributed by atoms with Gasteiger partial charge in [0, 0.05) is 24.8 Å². The second kappa shape index (κ2) is 5.07. The van der Waals surface area contributed by atoms with Gasteiger partial charge in [-0.25, -0.2) is 4.52 Å². The van der Waals surface area contributed by atoms with E-state index >= 15 is 0 Å². The van der Waals surface area contributed by atoms with Gasteiger partial charge in [0.2, 0.25) is 0 Å². The number of hydrogen-bond acceptors (Lipinski definition) is 4. The van der Waals surface area contributed by atoms with Crippen LogP contribution in [0, 0.1) is 0 Å². The van der Waals surface area contributed by atoms with Gasteiger partial charge in [-0.1, -0.05) is 6.07 Å². The summed E-state index contributed by atoms with van der Waals surface area (Å²) in [6.45, 7) is 0.785. The Morgan fingerprint density at radius 3 is 3.12 bits per heavy atom. The normalized spacial score (nSPS) is 13.1. The highest BCUT2D eigenvalue weighted by Crippen LogP contribution is 2.08. The number of hydrogen-bond donors (Lipinski definition) is 3. The van der Waals surface area contributed by atoms with Crippen LogP contribution in [0.25, 0.3) is 5.52 Å². The minimum Gasteiger partial charge on any atom is -0.394 e. The van der Waals surface area contributed by atoms with Crippen LogP contribution in [0.4, 0.5) is 0 Å². The van der Waals surface area contributed by atoms with Crippen LogP contribution in [0.5, 0.6) is 0 Å². The molecular formula is C11H15N3O2. The van der Waals surface area contributed by atoms with Crippen LogP contribution in [0.2, 0.25) is 0 Å². The molecule has 0 aliphatic heterocycles. The molecule has 0 saturated carbocycles. The maximum Gasteiger partial charge on any atom is 0.0895 e. The lowest BCUT2D eigenvalue weighted by Crippen LogP contribution is -2.28. The Morgan fingerprint density at radius 1 is 1.44 bits per heavy atom. The zero-order valence-corrected chi connectivity index (χ0v) is 8.87. The first kappa shape index (κ1) is 11.1. The lowest BCUT2D eigenvalue weighted by atomic mass is 10.2. The van der Waals surface area contributed by atoms with E-state index in [2.05, 4.69) is 10.4 Å². The fourth-order valence-electron chi connectivity index (χ4n) is 1.56. The first-order valence-electron chi connectivity index (χ1n) is 5.22. The summed E-state index contributed by atoms with van der Waals surface area (Å²) in [4.78, 5) is 0. The van der Waals surface area contributed by atoms with E-state index in [1.54, 1.807) is 10.7 Å². The van der Waals surface area contributed by atoms with Crippen molar-refractivity contribution in [2.24, 2.45) is 0 Å². The summed E-state index contributed by atoms with van der Waals surface area (Å²) < 4.78 is 1.81. The number of aromatic nitrogens is 2. The molecule has 0 bridgehead atoms. The second-order valence-corrected chi connectivity index (χ2v) is 3.67. The molecule has 16 heavy (non-hydrogen) atoms. The maximum atomic E-state index is 9.17. The van der Waals surface area contributed by atoms with Crippen LogP contribution in [-0.2, 0) is 6.54 Å². The summed E-state index contributed by atoms with van der Waals surface area (Å²) in [5, 5.41) is 25.1. The van der Waals surface area contributed by atoms with Crippen molar-refractivity contribution in [1.29, 1.82) is 0 Å². The lowest BCUT2D eigenvalue weighted by molar-refractivity contribution is 0.0942. The molecule has 3 N–H and O–H groups in total. The molecule has 0 aromatic carbocycles. The van der Waals surface area contributed by atoms with E-state index in [-0.39, 0.29) is 6.61 Å². The topological polar surface area (TPSA) is 69.8 Å². The number of nitrogens with one attached hydrogen (secondary N) is 1. The van der Waals surface area contributed by atoms with E-state index in [4.69, 9.17) is 10.2 Å².